The number of likely N-dealkylation sites (tertiary alicyclic amines) is 1. The highest BCUT2D eigenvalue weighted by Gasteiger charge is 2.78. The molecule has 3 fully saturated rings. The standard InChI is InChI=1S/C43H48BrN3O7/c1-6-8-19-34(49)45-28(5)37(30-17-13-10-14-18-30)53-42(52)35-36-40(50)47(33(25-48)29-15-11-9-12-16-29)39(43(36)24-31(44)38(35)54-43)41(51)46(22-7-2)32-23-26(3)20-21-27(32)4/h6-7,9-18,20-21,23,28,31,33,35-39,48H,1-2,8,19,22,24-25H2,3-5H3,(H,45,49)/t28-,31?,33-,35-,36+,37-,38-,39-,43+/m1/s1. The lowest BCUT2D eigenvalue weighted by molar-refractivity contribution is -0.162. The minimum absolute atomic E-state index is 0.152. The molecule has 3 saturated heterocycles. The number of alkyl halides is 1. The first-order valence-electron chi connectivity index (χ1n) is 18.4. The summed E-state index contributed by atoms with van der Waals surface area (Å²) < 4.78 is 13.2. The summed E-state index contributed by atoms with van der Waals surface area (Å²) in [5, 5.41) is 13.9. The molecule has 0 aromatic heterocycles. The number of halogens is 1. The average molecular weight is 799 g/mol. The van der Waals surface area contributed by atoms with Crippen molar-refractivity contribution in [2.75, 3.05) is 18.1 Å². The molecule has 2 N–H and O–H groups in total. The number of ether oxygens (including phenoxy) is 2. The first kappa shape index (κ1) is 39.1. The minimum atomic E-state index is -1.43. The molecule has 0 radical (unpaired) electrons. The normalized spacial score (nSPS) is 25.7. The molecule has 3 aromatic rings. The van der Waals surface area contributed by atoms with Crippen LogP contribution in [0.25, 0.3) is 0 Å². The summed E-state index contributed by atoms with van der Waals surface area (Å²) in [5.74, 6) is -3.93. The van der Waals surface area contributed by atoms with E-state index in [-0.39, 0.29) is 25.3 Å². The summed E-state index contributed by atoms with van der Waals surface area (Å²) in [7, 11) is 0. The van der Waals surface area contributed by atoms with E-state index in [0.29, 0.717) is 23.2 Å². The fraction of sp³-hybridized carbons (Fsp3) is 0.395. The molecule has 3 heterocycles. The number of esters is 1. The lowest BCUT2D eigenvalue weighted by Gasteiger charge is -2.39. The summed E-state index contributed by atoms with van der Waals surface area (Å²) in [6.45, 7) is 12.9. The Morgan fingerprint density at radius 2 is 1.72 bits per heavy atom. The Balaban J connectivity index is 1.43. The highest BCUT2D eigenvalue weighted by Crippen LogP contribution is 2.61. The van der Waals surface area contributed by atoms with Gasteiger partial charge in [-0.1, -0.05) is 101 Å². The molecule has 3 aliphatic heterocycles. The third-order valence-corrected chi connectivity index (χ3v) is 11.8. The Kier molecular flexibility index (Phi) is 11.9. The Morgan fingerprint density at radius 1 is 1.06 bits per heavy atom. The smallest absolute Gasteiger partial charge is 0.313 e. The van der Waals surface area contributed by atoms with Crippen molar-refractivity contribution in [3.05, 3.63) is 126 Å². The Morgan fingerprint density at radius 3 is 2.35 bits per heavy atom. The van der Waals surface area contributed by atoms with Gasteiger partial charge in [-0.2, -0.15) is 0 Å². The van der Waals surface area contributed by atoms with Crippen LogP contribution < -0.4 is 10.2 Å². The van der Waals surface area contributed by atoms with Gasteiger partial charge in [0.1, 0.15) is 17.7 Å². The van der Waals surface area contributed by atoms with E-state index in [2.05, 4.69) is 34.4 Å². The molecule has 1 unspecified atom stereocenters. The fourth-order valence-corrected chi connectivity index (χ4v) is 9.46. The van der Waals surface area contributed by atoms with Gasteiger partial charge in [0.15, 0.2) is 0 Å². The van der Waals surface area contributed by atoms with Crippen LogP contribution in [0.15, 0.2) is 104 Å². The first-order valence-corrected chi connectivity index (χ1v) is 19.3. The first-order chi connectivity index (χ1) is 26.0. The molecule has 0 saturated carbocycles. The molecule has 54 heavy (non-hydrogen) atoms. The van der Waals surface area contributed by atoms with E-state index in [0.717, 1.165) is 11.1 Å². The zero-order chi connectivity index (χ0) is 38.7. The number of amides is 3. The van der Waals surface area contributed by atoms with Gasteiger partial charge in [0.2, 0.25) is 11.8 Å². The maximum atomic E-state index is 15.3. The van der Waals surface area contributed by atoms with Gasteiger partial charge < -0.3 is 29.7 Å². The molecule has 9 atom stereocenters. The second-order valence-corrected chi connectivity index (χ2v) is 15.7. The van der Waals surface area contributed by atoms with Crippen LogP contribution in [0.1, 0.15) is 60.6 Å². The van der Waals surface area contributed by atoms with Crippen molar-refractivity contribution in [3.63, 3.8) is 0 Å². The van der Waals surface area contributed by atoms with Gasteiger partial charge >= 0.3 is 5.97 Å². The summed E-state index contributed by atoms with van der Waals surface area (Å²) in [4.78, 5) is 60.5. The molecular formula is C43H48BrN3O7. The van der Waals surface area contributed by atoms with Gasteiger partial charge in [-0.25, -0.2) is 0 Å². The van der Waals surface area contributed by atoms with Crippen LogP contribution in [0.2, 0.25) is 0 Å². The SMILES string of the molecule is C=CCCC(=O)N[C@H](C)[C@@H](OC(=O)[C@H]1[C@@H]2O[C@@]3(CC2Br)[C@@H]1C(=O)N([C@H](CO)c1ccccc1)[C@@H]3C(=O)N(CC=C)c1cc(C)ccc1C)c1ccccc1. The number of benzene rings is 3. The van der Waals surface area contributed by atoms with Crippen LogP contribution in [-0.4, -0.2) is 75.5 Å². The van der Waals surface area contributed by atoms with Gasteiger partial charge in [0, 0.05) is 23.5 Å². The second-order valence-electron chi connectivity index (χ2n) is 14.5. The third kappa shape index (κ3) is 7.17. The van der Waals surface area contributed by atoms with Crippen molar-refractivity contribution < 1.29 is 33.8 Å². The zero-order valence-electron chi connectivity index (χ0n) is 30.9. The predicted molar refractivity (Wildman–Crippen MR) is 210 cm³/mol. The highest BCUT2D eigenvalue weighted by molar-refractivity contribution is 9.09. The number of aliphatic hydroxyl groups is 1. The average Bonchev–Trinajstić information content (AvgIpc) is 3.77. The van der Waals surface area contributed by atoms with Gasteiger partial charge in [0.25, 0.3) is 5.91 Å². The monoisotopic (exact) mass is 797 g/mol. The second kappa shape index (κ2) is 16.4. The summed E-state index contributed by atoms with van der Waals surface area (Å²) in [5.41, 5.74) is 2.35. The van der Waals surface area contributed by atoms with Gasteiger partial charge in [-0.3, -0.25) is 19.2 Å². The Bertz CT molecular complexity index is 1890. The van der Waals surface area contributed by atoms with E-state index >= 15 is 9.59 Å². The van der Waals surface area contributed by atoms with Crippen molar-refractivity contribution in [2.45, 2.75) is 80.8 Å². The minimum Gasteiger partial charge on any atom is -0.455 e. The fourth-order valence-electron chi connectivity index (χ4n) is 8.52. The number of rotatable bonds is 15. The van der Waals surface area contributed by atoms with Gasteiger partial charge in [-0.15, -0.1) is 13.2 Å². The van der Waals surface area contributed by atoms with E-state index in [4.69, 9.17) is 9.47 Å². The maximum Gasteiger partial charge on any atom is 0.313 e. The number of hydrogen-bond acceptors (Lipinski definition) is 7. The van der Waals surface area contributed by atoms with Crippen molar-refractivity contribution >= 4 is 45.3 Å². The number of anilines is 1. The van der Waals surface area contributed by atoms with Crippen molar-refractivity contribution in [1.82, 2.24) is 10.2 Å². The van der Waals surface area contributed by atoms with E-state index in [1.54, 1.807) is 36.1 Å². The number of nitrogens with zero attached hydrogens (tertiary/aromatic N) is 2. The molecule has 11 heteroatoms. The molecule has 284 valence electrons. The lowest BCUT2D eigenvalue weighted by Crippen LogP contribution is -2.57. The Labute approximate surface area is 325 Å². The van der Waals surface area contributed by atoms with E-state index in [9.17, 15) is 14.7 Å². The van der Waals surface area contributed by atoms with Crippen molar-refractivity contribution in [1.29, 1.82) is 0 Å². The third-order valence-electron chi connectivity index (χ3n) is 10.9. The topological polar surface area (TPSA) is 125 Å². The van der Waals surface area contributed by atoms with Gasteiger partial charge in [-0.05, 0) is 61.9 Å². The molecule has 3 aromatic carbocycles. The Hall–Kier alpha value is -4.58. The van der Waals surface area contributed by atoms with Crippen molar-refractivity contribution in [2.24, 2.45) is 11.8 Å². The number of carbonyl (C=O) groups is 4. The number of aliphatic hydroxyl groups excluding tert-OH is 1. The van der Waals surface area contributed by atoms with Crippen LogP contribution in [0.3, 0.4) is 0 Å². The number of allylic oxidation sites excluding steroid dienone is 1. The van der Waals surface area contributed by atoms with Crippen LogP contribution >= 0.6 is 15.9 Å². The molecule has 0 aliphatic carbocycles. The molecular weight excluding hydrogens is 750 g/mol. The molecule has 3 aliphatic rings. The van der Waals surface area contributed by atoms with Crippen LogP contribution in [-0.2, 0) is 28.7 Å². The van der Waals surface area contributed by atoms with Crippen LogP contribution in [0.4, 0.5) is 5.69 Å². The summed E-state index contributed by atoms with van der Waals surface area (Å²) in [6, 6.07) is 21.3. The number of nitrogens with one attached hydrogen (secondary N) is 1. The molecule has 2 bridgehead atoms. The molecule has 3 amide bonds. The summed E-state index contributed by atoms with van der Waals surface area (Å²) >= 11 is 3.76. The quantitative estimate of drug-likeness (QED) is 0.109. The van der Waals surface area contributed by atoms with E-state index in [1.807, 2.05) is 80.6 Å². The molecule has 10 nitrogen and oxygen atoms in total. The highest BCUT2D eigenvalue weighted by atomic mass is 79.9. The van der Waals surface area contributed by atoms with E-state index < -0.39 is 77.0 Å². The largest absolute Gasteiger partial charge is 0.455 e. The van der Waals surface area contributed by atoms with Gasteiger partial charge in [0.05, 0.1) is 36.6 Å². The summed E-state index contributed by atoms with van der Waals surface area (Å²) in [6.07, 6.45) is 2.63. The van der Waals surface area contributed by atoms with Crippen molar-refractivity contribution in [3.8, 4) is 0 Å². The number of aryl methyl sites for hydroxylation is 2. The zero-order valence-corrected chi connectivity index (χ0v) is 32.5. The lowest BCUT2D eigenvalue weighted by atomic mass is 9.70. The van der Waals surface area contributed by atoms with Crippen LogP contribution in [0, 0.1) is 25.7 Å². The van der Waals surface area contributed by atoms with Crippen LogP contribution in [0.5, 0.6) is 0 Å². The van der Waals surface area contributed by atoms with E-state index in [1.165, 1.54) is 4.90 Å². The number of hydrogen-bond donors (Lipinski definition) is 2. The maximum absolute atomic E-state index is 15.3. The predicted octanol–water partition coefficient (Wildman–Crippen LogP) is 6.06. The number of fused-ring (bicyclic) bond motifs is 1. The molecule has 1 spiro atoms. The molecule has 6 rings (SSSR count). The number of carbonyl (C=O) groups excluding carboxylic acids is 4.